The number of rotatable bonds is 3. The van der Waals surface area contributed by atoms with Crippen LogP contribution >= 0.6 is 0 Å². The van der Waals surface area contributed by atoms with Crippen LogP contribution < -0.4 is 0 Å². The van der Waals surface area contributed by atoms with Gasteiger partial charge in [-0.15, -0.1) is 0 Å². The second-order valence-corrected chi connectivity index (χ2v) is 4.10. The highest BCUT2D eigenvalue weighted by Crippen LogP contribution is 2.30. The third-order valence-corrected chi connectivity index (χ3v) is 2.91. The zero-order valence-electron chi connectivity index (χ0n) is 9.45. The van der Waals surface area contributed by atoms with Gasteiger partial charge in [-0.05, 0) is 13.8 Å². The van der Waals surface area contributed by atoms with Crippen LogP contribution in [0.4, 0.5) is 0 Å². The van der Waals surface area contributed by atoms with Gasteiger partial charge in [0, 0.05) is 11.8 Å². The van der Waals surface area contributed by atoms with E-state index in [0.29, 0.717) is 0 Å². The number of carbonyl (C=O) groups excluding carboxylic acids is 1. The van der Waals surface area contributed by atoms with Crippen LogP contribution in [0.15, 0.2) is 24.3 Å². The Hall–Kier alpha value is -0.970. The second-order valence-electron chi connectivity index (χ2n) is 4.10. The van der Waals surface area contributed by atoms with Crippen molar-refractivity contribution in [3.63, 3.8) is 0 Å². The maximum Gasteiger partial charge on any atom is 0.158 e. The molecular weight excluding hydrogens is 208 g/mol. The van der Waals surface area contributed by atoms with Gasteiger partial charge in [-0.2, -0.15) is 0 Å². The van der Waals surface area contributed by atoms with Crippen molar-refractivity contribution in [1.82, 2.24) is 0 Å². The molecule has 0 heterocycles. The Balaban J connectivity index is 2.98. The minimum atomic E-state index is -1.25. The molecule has 0 aromatic rings. The highest BCUT2D eigenvalue weighted by Gasteiger charge is 2.39. The standard InChI is InChI=1S/C12H18O4/c1-3-4-8-5-6-9(14)12(16)10(8)11(15)7(2)13/h3-6,8-12,14-16H,1-2H3/b4-3+. The summed E-state index contributed by atoms with van der Waals surface area (Å²) in [6, 6.07) is 0. The molecule has 0 aliphatic heterocycles. The highest BCUT2D eigenvalue weighted by molar-refractivity contribution is 5.80. The van der Waals surface area contributed by atoms with Crippen molar-refractivity contribution in [2.24, 2.45) is 11.8 Å². The van der Waals surface area contributed by atoms with E-state index in [1.807, 2.05) is 6.92 Å². The Bertz CT molecular complexity index is 308. The number of carbonyl (C=O) groups is 1. The molecule has 0 spiro atoms. The summed E-state index contributed by atoms with van der Waals surface area (Å²) in [6.45, 7) is 3.09. The maximum absolute atomic E-state index is 11.2. The summed E-state index contributed by atoms with van der Waals surface area (Å²) < 4.78 is 0. The predicted molar refractivity (Wildman–Crippen MR) is 59.6 cm³/mol. The number of aliphatic hydroxyl groups is 3. The fourth-order valence-corrected chi connectivity index (χ4v) is 2.02. The summed E-state index contributed by atoms with van der Waals surface area (Å²) in [6.07, 6.45) is 3.37. The Labute approximate surface area is 94.9 Å². The van der Waals surface area contributed by atoms with E-state index in [9.17, 15) is 20.1 Å². The van der Waals surface area contributed by atoms with Crippen molar-refractivity contribution in [1.29, 1.82) is 0 Å². The Morgan fingerprint density at radius 1 is 1.38 bits per heavy atom. The summed E-state index contributed by atoms with van der Waals surface area (Å²) in [5.41, 5.74) is 0. The maximum atomic E-state index is 11.2. The number of hydrogen-bond donors (Lipinski definition) is 3. The van der Waals surface area contributed by atoms with Crippen LogP contribution in [0.25, 0.3) is 0 Å². The molecule has 0 radical (unpaired) electrons. The van der Waals surface area contributed by atoms with E-state index in [4.69, 9.17) is 0 Å². The molecule has 1 aliphatic rings. The van der Waals surface area contributed by atoms with Gasteiger partial charge in [-0.3, -0.25) is 4.79 Å². The second kappa shape index (κ2) is 5.39. The van der Waals surface area contributed by atoms with E-state index in [2.05, 4.69) is 0 Å². The van der Waals surface area contributed by atoms with Crippen molar-refractivity contribution in [2.75, 3.05) is 0 Å². The summed E-state index contributed by atoms with van der Waals surface area (Å²) >= 11 is 0. The quantitative estimate of drug-likeness (QED) is 0.594. The first-order valence-corrected chi connectivity index (χ1v) is 5.34. The molecule has 5 atom stereocenters. The monoisotopic (exact) mass is 226 g/mol. The molecule has 4 nitrogen and oxygen atoms in total. The van der Waals surface area contributed by atoms with E-state index in [-0.39, 0.29) is 5.92 Å². The average Bonchev–Trinajstić information content (AvgIpc) is 2.23. The van der Waals surface area contributed by atoms with Crippen LogP contribution in [-0.2, 0) is 4.79 Å². The molecule has 90 valence electrons. The highest BCUT2D eigenvalue weighted by atomic mass is 16.3. The van der Waals surface area contributed by atoms with Crippen molar-refractivity contribution < 1.29 is 20.1 Å². The van der Waals surface area contributed by atoms with E-state index in [1.165, 1.54) is 13.0 Å². The lowest BCUT2D eigenvalue weighted by Gasteiger charge is -2.35. The van der Waals surface area contributed by atoms with Gasteiger partial charge >= 0.3 is 0 Å². The predicted octanol–water partition coefficient (Wildman–Crippen LogP) is 0.0364. The van der Waals surface area contributed by atoms with Crippen LogP contribution in [0.5, 0.6) is 0 Å². The van der Waals surface area contributed by atoms with Gasteiger partial charge in [0.1, 0.15) is 6.10 Å². The summed E-state index contributed by atoms with van der Waals surface area (Å²) in [5.74, 6) is -1.32. The van der Waals surface area contributed by atoms with Gasteiger partial charge in [0.05, 0.1) is 12.2 Å². The van der Waals surface area contributed by atoms with Crippen molar-refractivity contribution in [2.45, 2.75) is 32.2 Å². The first-order valence-electron chi connectivity index (χ1n) is 5.34. The summed E-state index contributed by atoms with van der Waals surface area (Å²) in [5, 5.41) is 29.0. The molecule has 0 saturated carbocycles. The summed E-state index contributed by atoms with van der Waals surface area (Å²) in [7, 11) is 0. The fraction of sp³-hybridized carbons (Fsp3) is 0.583. The summed E-state index contributed by atoms with van der Waals surface area (Å²) in [4.78, 5) is 11.2. The number of allylic oxidation sites excluding steroid dienone is 3. The minimum Gasteiger partial charge on any atom is -0.390 e. The van der Waals surface area contributed by atoms with Crippen molar-refractivity contribution >= 4 is 5.78 Å². The number of hydrogen-bond acceptors (Lipinski definition) is 4. The largest absolute Gasteiger partial charge is 0.390 e. The molecule has 0 saturated heterocycles. The lowest BCUT2D eigenvalue weighted by molar-refractivity contribution is -0.134. The van der Waals surface area contributed by atoms with E-state index < -0.39 is 30.0 Å². The molecule has 5 unspecified atom stereocenters. The first-order chi connectivity index (χ1) is 7.49. The molecule has 3 N–H and O–H groups in total. The zero-order chi connectivity index (χ0) is 12.3. The van der Waals surface area contributed by atoms with Crippen LogP contribution in [0.2, 0.25) is 0 Å². The van der Waals surface area contributed by atoms with E-state index in [1.54, 1.807) is 18.2 Å². The minimum absolute atomic E-state index is 0.234. The zero-order valence-corrected chi connectivity index (χ0v) is 9.45. The molecule has 0 amide bonds. The molecule has 0 aromatic carbocycles. The van der Waals surface area contributed by atoms with Gasteiger partial charge < -0.3 is 15.3 Å². The Morgan fingerprint density at radius 2 is 2.00 bits per heavy atom. The lowest BCUT2D eigenvalue weighted by Crippen LogP contribution is -2.47. The van der Waals surface area contributed by atoms with Crippen molar-refractivity contribution in [3.05, 3.63) is 24.3 Å². The lowest BCUT2D eigenvalue weighted by atomic mass is 9.76. The van der Waals surface area contributed by atoms with Gasteiger partial charge in [0.25, 0.3) is 0 Å². The number of Topliss-reactive ketones (excluding diaryl/α,β-unsaturated/α-hetero) is 1. The Kier molecular flexibility index (Phi) is 4.41. The van der Waals surface area contributed by atoms with Crippen LogP contribution in [-0.4, -0.2) is 39.4 Å². The number of aliphatic hydroxyl groups excluding tert-OH is 3. The van der Waals surface area contributed by atoms with Crippen LogP contribution in [0, 0.1) is 11.8 Å². The topological polar surface area (TPSA) is 77.8 Å². The molecule has 4 heteroatoms. The molecule has 1 aliphatic carbocycles. The average molecular weight is 226 g/mol. The van der Waals surface area contributed by atoms with E-state index in [0.717, 1.165) is 0 Å². The SMILES string of the molecule is C/C=C/C1C=CC(O)C(O)C1C(O)C(C)=O. The molecule has 1 rings (SSSR count). The van der Waals surface area contributed by atoms with Gasteiger partial charge in [-0.25, -0.2) is 0 Å². The van der Waals surface area contributed by atoms with Crippen LogP contribution in [0.3, 0.4) is 0 Å². The molecule has 0 aromatic heterocycles. The third kappa shape index (κ3) is 2.58. The van der Waals surface area contributed by atoms with Gasteiger partial charge in [0.2, 0.25) is 0 Å². The van der Waals surface area contributed by atoms with Gasteiger partial charge in [0.15, 0.2) is 5.78 Å². The smallest absolute Gasteiger partial charge is 0.158 e. The fourth-order valence-electron chi connectivity index (χ4n) is 2.02. The van der Waals surface area contributed by atoms with Crippen LogP contribution in [0.1, 0.15) is 13.8 Å². The number of ketones is 1. The van der Waals surface area contributed by atoms with Gasteiger partial charge in [-0.1, -0.05) is 24.3 Å². The van der Waals surface area contributed by atoms with E-state index >= 15 is 0 Å². The Morgan fingerprint density at radius 3 is 2.50 bits per heavy atom. The molecule has 0 bridgehead atoms. The molecule has 0 fully saturated rings. The normalized spacial score (nSPS) is 36.6. The molecule has 16 heavy (non-hydrogen) atoms. The third-order valence-electron chi connectivity index (χ3n) is 2.91. The van der Waals surface area contributed by atoms with Crippen molar-refractivity contribution in [3.8, 4) is 0 Å². The first kappa shape index (κ1) is 13.1. The molecular formula is C12H18O4.